The van der Waals surface area contributed by atoms with E-state index in [2.05, 4.69) is 25.7 Å². The number of hydrogen-bond acceptors (Lipinski definition) is 7. The number of nitrogens with one attached hydrogen (secondary N) is 2. The Bertz CT molecular complexity index is 981. The molecule has 0 saturated carbocycles. The molecule has 3 rings (SSSR count). The molecule has 0 fully saturated rings. The van der Waals surface area contributed by atoms with Crippen LogP contribution in [0.15, 0.2) is 30.7 Å². The summed E-state index contributed by atoms with van der Waals surface area (Å²) in [7, 11) is 1.64. The monoisotopic (exact) mass is 438 g/mol. The second-order valence-electron chi connectivity index (χ2n) is 5.96. The average molecular weight is 439 g/mol. The molecule has 0 aliphatic heterocycles. The molecule has 0 saturated heterocycles. The van der Waals surface area contributed by atoms with Crippen molar-refractivity contribution in [3.63, 3.8) is 0 Å². The zero-order valence-corrected chi connectivity index (χ0v) is 17.2. The third-order valence-corrected chi connectivity index (χ3v) is 4.46. The molecule has 2 aromatic heterocycles. The van der Waals surface area contributed by atoms with E-state index in [0.29, 0.717) is 53.5 Å². The van der Waals surface area contributed by atoms with Crippen molar-refractivity contribution in [2.75, 3.05) is 38.7 Å². The minimum Gasteiger partial charge on any atom is -0.482 e. The number of nitrogens with zero attached hydrogens (tertiary/aromatic N) is 4. The summed E-state index contributed by atoms with van der Waals surface area (Å²) in [5, 5.41) is 11.9. The van der Waals surface area contributed by atoms with Crippen molar-refractivity contribution < 1.29 is 14.3 Å². The Kier molecular flexibility index (Phi) is 7.45. The lowest BCUT2D eigenvalue weighted by Gasteiger charge is -2.09. The molecule has 0 atom stereocenters. The fourth-order valence-electron chi connectivity index (χ4n) is 2.56. The molecule has 1 amide bonds. The number of anilines is 1. The molecule has 154 valence electrons. The van der Waals surface area contributed by atoms with Crippen LogP contribution in [0.25, 0.3) is 11.0 Å². The first-order valence-corrected chi connectivity index (χ1v) is 9.58. The summed E-state index contributed by atoms with van der Waals surface area (Å²) >= 11 is 11.8. The van der Waals surface area contributed by atoms with Crippen molar-refractivity contribution >= 4 is 46.0 Å². The molecule has 1 aromatic carbocycles. The SMILES string of the molecule is COCCNc1ncnc2c1cnn2CCNC(=O)COc1ccc(Cl)cc1Cl. The maximum absolute atomic E-state index is 12.0. The van der Waals surface area contributed by atoms with Crippen LogP contribution in [0.4, 0.5) is 5.82 Å². The van der Waals surface area contributed by atoms with Crippen molar-refractivity contribution in [1.29, 1.82) is 0 Å². The van der Waals surface area contributed by atoms with Gasteiger partial charge >= 0.3 is 0 Å². The summed E-state index contributed by atoms with van der Waals surface area (Å²) in [6.07, 6.45) is 3.16. The van der Waals surface area contributed by atoms with Gasteiger partial charge in [-0.3, -0.25) is 4.79 Å². The topological polar surface area (TPSA) is 103 Å². The number of benzene rings is 1. The average Bonchev–Trinajstić information content (AvgIpc) is 3.11. The lowest BCUT2D eigenvalue weighted by Crippen LogP contribution is -2.31. The van der Waals surface area contributed by atoms with Crippen LogP contribution >= 0.6 is 23.2 Å². The molecule has 0 aliphatic rings. The van der Waals surface area contributed by atoms with Crippen molar-refractivity contribution in [1.82, 2.24) is 25.1 Å². The van der Waals surface area contributed by atoms with E-state index in [1.165, 1.54) is 6.33 Å². The van der Waals surface area contributed by atoms with Gasteiger partial charge in [0.2, 0.25) is 0 Å². The van der Waals surface area contributed by atoms with Gasteiger partial charge in [0.05, 0.1) is 29.8 Å². The van der Waals surface area contributed by atoms with Crippen LogP contribution in [0.2, 0.25) is 10.0 Å². The van der Waals surface area contributed by atoms with Gasteiger partial charge in [0, 0.05) is 25.2 Å². The number of methoxy groups -OCH3 is 1. The van der Waals surface area contributed by atoms with Gasteiger partial charge in [-0.2, -0.15) is 5.10 Å². The van der Waals surface area contributed by atoms with Gasteiger partial charge in [-0.05, 0) is 18.2 Å². The van der Waals surface area contributed by atoms with Crippen LogP contribution in [0.3, 0.4) is 0 Å². The summed E-state index contributed by atoms with van der Waals surface area (Å²) in [5.41, 5.74) is 0.679. The minimum absolute atomic E-state index is 0.156. The first-order chi connectivity index (χ1) is 14.1. The molecule has 0 radical (unpaired) electrons. The summed E-state index contributed by atoms with van der Waals surface area (Å²) in [5.74, 6) is 0.814. The first kappa shape index (κ1) is 21.1. The van der Waals surface area contributed by atoms with E-state index in [1.54, 1.807) is 36.2 Å². The van der Waals surface area contributed by atoms with E-state index in [9.17, 15) is 4.79 Å². The van der Waals surface area contributed by atoms with Crippen molar-refractivity contribution in [2.45, 2.75) is 6.54 Å². The number of carbonyl (C=O) groups excluding carboxylic acids is 1. The number of fused-ring (bicyclic) bond motifs is 1. The van der Waals surface area contributed by atoms with E-state index < -0.39 is 0 Å². The second kappa shape index (κ2) is 10.2. The molecular weight excluding hydrogens is 419 g/mol. The Morgan fingerprint density at radius 2 is 2.10 bits per heavy atom. The second-order valence-corrected chi connectivity index (χ2v) is 6.80. The van der Waals surface area contributed by atoms with Crippen molar-refractivity contribution in [2.24, 2.45) is 0 Å². The van der Waals surface area contributed by atoms with E-state index in [1.807, 2.05) is 0 Å². The van der Waals surface area contributed by atoms with Crippen LogP contribution in [0, 0.1) is 0 Å². The number of amides is 1. The predicted molar refractivity (Wildman–Crippen MR) is 111 cm³/mol. The number of rotatable bonds is 10. The van der Waals surface area contributed by atoms with Gasteiger partial charge < -0.3 is 20.1 Å². The van der Waals surface area contributed by atoms with E-state index in [0.717, 1.165) is 5.39 Å². The van der Waals surface area contributed by atoms with E-state index in [4.69, 9.17) is 32.7 Å². The summed E-state index contributed by atoms with van der Waals surface area (Å²) in [6.45, 7) is 1.85. The Hall–Kier alpha value is -2.62. The van der Waals surface area contributed by atoms with Crippen LogP contribution in [0.1, 0.15) is 0 Å². The quantitative estimate of drug-likeness (QED) is 0.468. The fraction of sp³-hybridized carbons (Fsp3) is 0.333. The summed E-state index contributed by atoms with van der Waals surface area (Å²) < 4.78 is 12.1. The molecule has 0 spiro atoms. The maximum Gasteiger partial charge on any atom is 0.258 e. The summed E-state index contributed by atoms with van der Waals surface area (Å²) in [6, 6.07) is 4.81. The Balaban J connectivity index is 1.50. The van der Waals surface area contributed by atoms with Crippen molar-refractivity contribution in [3.8, 4) is 5.75 Å². The van der Waals surface area contributed by atoms with Gasteiger partial charge in [-0.1, -0.05) is 23.2 Å². The number of halogens is 2. The smallest absolute Gasteiger partial charge is 0.258 e. The largest absolute Gasteiger partial charge is 0.482 e. The molecule has 2 heterocycles. The molecule has 0 unspecified atom stereocenters. The molecule has 2 N–H and O–H groups in total. The number of aromatic nitrogens is 4. The van der Waals surface area contributed by atoms with Crippen LogP contribution in [-0.2, 0) is 16.1 Å². The van der Waals surface area contributed by atoms with Gasteiger partial charge in [0.1, 0.15) is 17.9 Å². The molecule has 9 nitrogen and oxygen atoms in total. The van der Waals surface area contributed by atoms with Gasteiger partial charge in [-0.15, -0.1) is 0 Å². The van der Waals surface area contributed by atoms with Crippen LogP contribution < -0.4 is 15.4 Å². The highest BCUT2D eigenvalue weighted by atomic mass is 35.5. The van der Waals surface area contributed by atoms with Crippen molar-refractivity contribution in [3.05, 3.63) is 40.8 Å². The number of hydrogen-bond donors (Lipinski definition) is 2. The summed E-state index contributed by atoms with van der Waals surface area (Å²) in [4.78, 5) is 20.5. The zero-order valence-electron chi connectivity index (χ0n) is 15.7. The Labute approximate surface area is 177 Å². The Morgan fingerprint density at radius 3 is 2.90 bits per heavy atom. The van der Waals surface area contributed by atoms with E-state index in [-0.39, 0.29) is 12.5 Å². The van der Waals surface area contributed by atoms with Gasteiger partial charge in [-0.25, -0.2) is 14.6 Å². The number of ether oxygens (including phenoxy) is 2. The first-order valence-electron chi connectivity index (χ1n) is 8.82. The fourth-order valence-corrected chi connectivity index (χ4v) is 3.02. The van der Waals surface area contributed by atoms with E-state index >= 15 is 0 Å². The molecular formula is C18H20Cl2N6O3. The maximum atomic E-state index is 12.0. The lowest BCUT2D eigenvalue weighted by molar-refractivity contribution is -0.123. The molecule has 3 aromatic rings. The molecule has 29 heavy (non-hydrogen) atoms. The van der Waals surface area contributed by atoms with Gasteiger partial charge in [0.25, 0.3) is 5.91 Å². The molecule has 0 aliphatic carbocycles. The van der Waals surface area contributed by atoms with Crippen LogP contribution in [0.5, 0.6) is 5.75 Å². The Morgan fingerprint density at radius 1 is 1.24 bits per heavy atom. The highest BCUT2D eigenvalue weighted by Crippen LogP contribution is 2.27. The van der Waals surface area contributed by atoms with Gasteiger partial charge in [0.15, 0.2) is 12.3 Å². The molecule has 11 heteroatoms. The molecule has 0 bridgehead atoms. The highest BCUT2D eigenvalue weighted by Gasteiger charge is 2.10. The normalized spacial score (nSPS) is 10.9. The standard InChI is InChI=1S/C18H20Cl2N6O3/c1-28-7-5-22-17-13-9-25-26(18(13)24-11-23-17)6-4-21-16(27)10-29-15-3-2-12(19)8-14(15)20/h2-3,8-9,11H,4-7,10H2,1H3,(H,21,27)(H,22,23,24). The lowest BCUT2D eigenvalue weighted by atomic mass is 10.3. The third-order valence-electron chi connectivity index (χ3n) is 3.93. The highest BCUT2D eigenvalue weighted by molar-refractivity contribution is 6.35. The zero-order chi connectivity index (χ0) is 20.6. The minimum atomic E-state index is -0.274. The number of carbonyl (C=O) groups is 1. The van der Waals surface area contributed by atoms with Crippen LogP contribution in [-0.4, -0.2) is 59.1 Å². The third kappa shape index (κ3) is 5.69. The predicted octanol–water partition coefficient (Wildman–Crippen LogP) is 2.39.